The van der Waals surface area contributed by atoms with Gasteiger partial charge >= 0.3 is 0 Å². The molecule has 3 heterocycles. The summed E-state index contributed by atoms with van der Waals surface area (Å²) >= 11 is 0. The van der Waals surface area contributed by atoms with Crippen LogP contribution in [0.5, 0.6) is 0 Å². The predicted molar refractivity (Wildman–Crippen MR) is 90.7 cm³/mol. The Balaban J connectivity index is 1.65. The van der Waals surface area contributed by atoms with Gasteiger partial charge in [0, 0.05) is 36.2 Å². The van der Waals surface area contributed by atoms with Gasteiger partial charge in [0.2, 0.25) is 5.91 Å². The average Bonchev–Trinajstić information content (AvgIpc) is 3.15. The zero-order chi connectivity index (χ0) is 17.3. The molecule has 3 rings (SSSR count). The van der Waals surface area contributed by atoms with Crippen LogP contribution in [0.3, 0.4) is 0 Å². The molecule has 1 saturated heterocycles. The van der Waals surface area contributed by atoms with Crippen molar-refractivity contribution in [1.29, 1.82) is 0 Å². The Labute approximate surface area is 142 Å². The molecule has 130 valence electrons. The van der Waals surface area contributed by atoms with Crippen LogP contribution in [0.4, 0.5) is 0 Å². The number of aromatic nitrogens is 3. The van der Waals surface area contributed by atoms with E-state index < -0.39 is 0 Å². The molecule has 0 aliphatic carbocycles. The fourth-order valence-electron chi connectivity index (χ4n) is 3.57. The van der Waals surface area contributed by atoms with E-state index in [0.29, 0.717) is 12.3 Å². The Morgan fingerprint density at radius 1 is 1.46 bits per heavy atom. The molecule has 1 aliphatic heterocycles. The van der Waals surface area contributed by atoms with Crippen LogP contribution < -0.4 is 0 Å². The van der Waals surface area contributed by atoms with Gasteiger partial charge in [-0.2, -0.15) is 5.10 Å². The molecule has 1 fully saturated rings. The average molecular weight is 330 g/mol. The Morgan fingerprint density at radius 3 is 2.88 bits per heavy atom. The number of nitrogens with zero attached hydrogens (tertiary/aromatic N) is 3. The van der Waals surface area contributed by atoms with Gasteiger partial charge in [0.05, 0.1) is 11.4 Å². The number of hydrogen-bond donors (Lipinski definition) is 1. The summed E-state index contributed by atoms with van der Waals surface area (Å²) in [5, 5.41) is 11.4. The van der Waals surface area contributed by atoms with Gasteiger partial charge in [-0.15, -0.1) is 0 Å². The lowest BCUT2D eigenvalue weighted by Crippen LogP contribution is -2.42. The van der Waals surface area contributed by atoms with Gasteiger partial charge in [-0.25, -0.2) is 0 Å². The van der Waals surface area contributed by atoms with E-state index in [0.717, 1.165) is 54.3 Å². The number of nitrogens with one attached hydrogen (secondary N) is 1. The quantitative estimate of drug-likeness (QED) is 0.935. The summed E-state index contributed by atoms with van der Waals surface area (Å²) in [6.45, 7) is 9.44. The van der Waals surface area contributed by atoms with Crippen molar-refractivity contribution in [3.05, 3.63) is 34.5 Å². The molecule has 0 unspecified atom stereocenters. The first-order valence-electron chi connectivity index (χ1n) is 8.68. The number of H-pyrrole nitrogens is 1. The van der Waals surface area contributed by atoms with Crippen LogP contribution >= 0.6 is 0 Å². The van der Waals surface area contributed by atoms with Crippen LogP contribution in [0.15, 0.2) is 10.6 Å². The van der Waals surface area contributed by atoms with E-state index in [1.807, 2.05) is 32.6 Å². The van der Waals surface area contributed by atoms with E-state index in [4.69, 9.17) is 4.52 Å². The van der Waals surface area contributed by atoms with Crippen molar-refractivity contribution in [3.8, 4) is 0 Å². The minimum atomic E-state index is -0.0681. The standard InChI is InChI=1S/C18H26N4O2/c1-11(8-16-13(3)21-24-14(16)4)18(23)22-7-5-6-15(10-22)17-9-12(2)19-20-17/h9,11,15H,5-8,10H2,1-4H3,(H,19,20)/t11-,15-/m1/s1. The molecule has 2 atom stereocenters. The molecule has 2 aromatic heterocycles. The number of amides is 1. The number of aromatic amines is 1. The maximum atomic E-state index is 12.9. The van der Waals surface area contributed by atoms with Gasteiger partial charge < -0.3 is 9.42 Å². The fraction of sp³-hybridized carbons (Fsp3) is 0.611. The molecule has 1 N–H and O–H groups in total. The summed E-state index contributed by atoms with van der Waals surface area (Å²) in [4.78, 5) is 14.9. The van der Waals surface area contributed by atoms with Crippen molar-refractivity contribution in [3.63, 3.8) is 0 Å². The van der Waals surface area contributed by atoms with Crippen molar-refractivity contribution >= 4 is 5.91 Å². The third-order valence-electron chi connectivity index (χ3n) is 4.99. The minimum absolute atomic E-state index is 0.0681. The molecule has 6 heteroatoms. The highest BCUT2D eigenvalue weighted by atomic mass is 16.5. The summed E-state index contributed by atoms with van der Waals surface area (Å²) in [5.41, 5.74) is 4.09. The van der Waals surface area contributed by atoms with Gasteiger partial charge in [0.1, 0.15) is 5.76 Å². The SMILES string of the molecule is Cc1cc([C@@H]2CCCN(C(=O)[C@H](C)Cc3c(C)noc3C)C2)n[nH]1. The number of rotatable bonds is 4. The highest BCUT2D eigenvalue weighted by molar-refractivity contribution is 5.79. The van der Waals surface area contributed by atoms with Gasteiger partial charge in [0.15, 0.2) is 0 Å². The van der Waals surface area contributed by atoms with Crippen molar-refractivity contribution in [2.75, 3.05) is 13.1 Å². The van der Waals surface area contributed by atoms with Crippen LogP contribution in [-0.4, -0.2) is 39.3 Å². The first kappa shape index (κ1) is 16.7. The first-order valence-corrected chi connectivity index (χ1v) is 8.68. The Kier molecular flexibility index (Phi) is 4.73. The zero-order valence-electron chi connectivity index (χ0n) is 14.9. The van der Waals surface area contributed by atoms with Gasteiger partial charge in [-0.1, -0.05) is 12.1 Å². The molecule has 24 heavy (non-hydrogen) atoms. The number of piperidine rings is 1. The second kappa shape index (κ2) is 6.79. The summed E-state index contributed by atoms with van der Waals surface area (Å²) in [5.74, 6) is 1.29. The molecular formula is C18H26N4O2. The van der Waals surface area contributed by atoms with E-state index >= 15 is 0 Å². The number of likely N-dealkylation sites (tertiary alicyclic amines) is 1. The summed E-state index contributed by atoms with van der Waals surface area (Å²) in [7, 11) is 0. The van der Waals surface area contributed by atoms with Crippen molar-refractivity contribution in [2.24, 2.45) is 5.92 Å². The molecule has 2 aromatic rings. The second-order valence-electron chi connectivity index (χ2n) is 7.01. The highest BCUT2D eigenvalue weighted by Crippen LogP contribution is 2.27. The second-order valence-corrected chi connectivity index (χ2v) is 7.01. The Hall–Kier alpha value is -2.11. The number of carbonyl (C=O) groups excluding carboxylic acids is 1. The maximum absolute atomic E-state index is 12.9. The molecule has 6 nitrogen and oxygen atoms in total. The monoisotopic (exact) mass is 330 g/mol. The lowest BCUT2D eigenvalue weighted by Gasteiger charge is -2.33. The molecule has 0 radical (unpaired) electrons. The van der Waals surface area contributed by atoms with Gasteiger partial charge in [0.25, 0.3) is 0 Å². The smallest absolute Gasteiger partial charge is 0.225 e. The first-order chi connectivity index (χ1) is 11.5. The van der Waals surface area contributed by atoms with E-state index in [9.17, 15) is 4.79 Å². The van der Waals surface area contributed by atoms with E-state index in [1.54, 1.807) is 0 Å². The zero-order valence-corrected chi connectivity index (χ0v) is 14.9. The van der Waals surface area contributed by atoms with E-state index in [1.165, 1.54) is 0 Å². The minimum Gasteiger partial charge on any atom is -0.361 e. The third kappa shape index (κ3) is 3.37. The molecule has 0 saturated carbocycles. The Morgan fingerprint density at radius 2 is 2.25 bits per heavy atom. The number of aryl methyl sites for hydroxylation is 3. The van der Waals surface area contributed by atoms with Crippen molar-refractivity contribution < 1.29 is 9.32 Å². The van der Waals surface area contributed by atoms with Crippen molar-refractivity contribution in [1.82, 2.24) is 20.3 Å². The molecule has 0 spiro atoms. The fourth-order valence-corrected chi connectivity index (χ4v) is 3.57. The third-order valence-corrected chi connectivity index (χ3v) is 4.99. The summed E-state index contributed by atoms with van der Waals surface area (Å²) < 4.78 is 5.21. The van der Waals surface area contributed by atoms with Crippen LogP contribution in [0, 0.1) is 26.7 Å². The van der Waals surface area contributed by atoms with Crippen LogP contribution in [-0.2, 0) is 11.2 Å². The number of carbonyl (C=O) groups is 1. The van der Waals surface area contributed by atoms with Crippen LogP contribution in [0.1, 0.15) is 54.1 Å². The van der Waals surface area contributed by atoms with Crippen LogP contribution in [0.25, 0.3) is 0 Å². The van der Waals surface area contributed by atoms with Gasteiger partial charge in [-0.3, -0.25) is 9.89 Å². The number of hydrogen-bond acceptors (Lipinski definition) is 4. The van der Waals surface area contributed by atoms with Gasteiger partial charge in [-0.05, 0) is 46.1 Å². The molecule has 1 aliphatic rings. The topological polar surface area (TPSA) is 75.0 Å². The largest absolute Gasteiger partial charge is 0.361 e. The normalized spacial score (nSPS) is 19.5. The molecule has 1 amide bonds. The Bertz CT molecular complexity index is 699. The molecule has 0 aromatic carbocycles. The lowest BCUT2D eigenvalue weighted by atomic mass is 9.92. The van der Waals surface area contributed by atoms with E-state index in [2.05, 4.69) is 21.4 Å². The van der Waals surface area contributed by atoms with Crippen molar-refractivity contribution in [2.45, 2.75) is 52.9 Å². The predicted octanol–water partition coefficient (Wildman–Crippen LogP) is 2.91. The van der Waals surface area contributed by atoms with Crippen LogP contribution in [0.2, 0.25) is 0 Å². The highest BCUT2D eigenvalue weighted by Gasteiger charge is 2.29. The summed E-state index contributed by atoms with van der Waals surface area (Å²) in [6.07, 6.45) is 2.80. The molecular weight excluding hydrogens is 304 g/mol. The molecule has 0 bridgehead atoms. The maximum Gasteiger partial charge on any atom is 0.225 e. The van der Waals surface area contributed by atoms with E-state index in [-0.39, 0.29) is 11.8 Å². The lowest BCUT2D eigenvalue weighted by molar-refractivity contribution is -0.136. The summed E-state index contributed by atoms with van der Waals surface area (Å²) in [6, 6.07) is 2.09.